The van der Waals surface area contributed by atoms with Crippen molar-refractivity contribution in [1.29, 1.82) is 0 Å². The maximum atomic E-state index is 9.36. The van der Waals surface area contributed by atoms with Crippen molar-refractivity contribution in [2.75, 3.05) is 13.7 Å². The van der Waals surface area contributed by atoms with Gasteiger partial charge in [0.2, 0.25) is 0 Å². The summed E-state index contributed by atoms with van der Waals surface area (Å²) in [4.78, 5) is 0. The summed E-state index contributed by atoms with van der Waals surface area (Å²) in [6, 6.07) is 3.84. The predicted octanol–water partition coefficient (Wildman–Crippen LogP) is 0.777. The number of aliphatic hydroxyl groups excluding tert-OH is 1. The van der Waals surface area contributed by atoms with Gasteiger partial charge < -0.3 is 20.0 Å². The Morgan fingerprint density at radius 2 is 2.33 bits per heavy atom. The molecular formula is C11H17NO3. The fourth-order valence-electron chi connectivity index (χ4n) is 2.19. The van der Waals surface area contributed by atoms with Crippen LogP contribution >= 0.6 is 0 Å². The molecule has 4 nitrogen and oxygen atoms in total. The average Bonchev–Trinajstić information content (AvgIpc) is 2.62. The van der Waals surface area contributed by atoms with Gasteiger partial charge in [-0.25, -0.2) is 0 Å². The van der Waals surface area contributed by atoms with E-state index >= 15 is 0 Å². The maximum Gasteiger partial charge on any atom is 0.129 e. The Hall–Kier alpha value is -0.840. The molecule has 0 spiro atoms. The van der Waals surface area contributed by atoms with Gasteiger partial charge in [0.25, 0.3) is 0 Å². The minimum Gasteiger partial charge on any atom is -0.463 e. The second kappa shape index (κ2) is 3.96. The van der Waals surface area contributed by atoms with E-state index in [2.05, 4.69) is 0 Å². The highest BCUT2D eigenvalue weighted by atomic mass is 16.5. The number of nitrogens with two attached hydrogens (primary N) is 1. The molecule has 1 aliphatic carbocycles. The average molecular weight is 211 g/mol. The normalized spacial score (nSPS) is 30.2. The van der Waals surface area contributed by atoms with Gasteiger partial charge in [0.05, 0.1) is 6.10 Å². The van der Waals surface area contributed by atoms with Crippen molar-refractivity contribution in [3.63, 3.8) is 0 Å². The third-order valence-corrected chi connectivity index (χ3v) is 3.11. The summed E-state index contributed by atoms with van der Waals surface area (Å²) in [6.07, 6.45) is 1.16. The number of ether oxygens (including phenoxy) is 1. The van der Waals surface area contributed by atoms with Crippen molar-refractivity contribution in [2.24, 2.45) is 5.73 Å². The number of aliphatic hydroxyl groups is 1. The fraction of sp³-hybridized carbons (Fsp3) is 0.636. The minimum absolute atomic E-state index is 0.147. The monoisotopic (exact) mass is 211 g/mol. The quantitative estimate of drug-likeness (QED) is 0.772. The summed E-state index contributed by atoms with van der Waals surface area (Å²) in [7, 11) is 1.63. The molecule has 4 heteroatoms. The molecule has 15 heavy (non-hydrogen) atoms. The zero-order chi connectivity index (χ0) is 10.9. The van der Waals surface area contributed by atoms with Gasteiger partial charge in [-0.15, -0.1) is 0 Å². The van der Waals surface area contributed by atoms with Crippen molar-refractivity contribution < 1.29 is 14.3 Å². The SMILES string of the molecule is COCc1ccc(C2(CN)CC(O)C2)o1. The number of methoxy groups -OCH3 is 1. The maximum absolute atomic E-state index is 9.36. The zero-order valence-corrected chi connectivity index (χ0v) is 8.90. The first kappa shape index (κ1) is 10.7. The summed E-state index contributed by atoms with van der Waals surface area (Å²) >= 11 is 0. The van der Waals surface area contributed by atoms with Crippen LogP contribution in [0.4, 0.5) is 0 Å². The smallest absolute Gasteiger partial charge is 0.129 e. The van der Waals surface area contributed by atoms with Gasteiger partial charge in [-0.1, -0.05) is 0 Å². The minimum atomic E-state index is -0.232. The molecule has 84 valence electrons. The van der Waals surface area contributed by atoms with Gasteiger partial charge >= 0.3 is 0 Å². The summed E-state index contributed by atoms with van der Waals surface area (Å²) in [5, 5.41) is 9.36. The number of hydrogen-bond acceptors (Lipinski definition) is 4. The molecule has 1 aromatic heterocycles. The molecule has 3 N–H and O–H groups in total. The van der Waals surface area contributed by atoms with Gasteiger partial charge in [-0.3, -0.25) is 0 Å². The highest BCUT2D eigenvalue weighted by Crippen LogP contribution is 2.43. The molecule has 0 aromatic carbocycles. The lowest BCUT2D eigenvalue weighted by Crippen LogP contribution is -2.49. The van der Waals surface area contributed by atoms with Crippen LogP contribution in [0.2, 0.25) is 0 Å². The number of hydrogen-bond donors (Lipinski definition) is 2. The highest BCUT2D eigenvalue weighted by molar-refractivity contribution is 5.22. The molecule has 0 saturated heterocycles. The van der Waals surface area contributed by atoms with Crippen LogP contribution < -0.4 is 5.73 Å². The lowest BCUT2D eigenvalue weighted by molar-refractivity contribution is 0.0100. The Labute approximate surface area is 89.0 Å². The van der Waals surface area contributed by atoms with E-state index in [1.807, 2.05) is 12.1 Å². The van der Waals surface area contributed by atoms with Crippen molar-refractivity contribution in [3.05, 3.63) is 23.7 Å². The van der Waals surface area contributed by atoms with Crippen LogP contribution in [0.5, 0.6) is 0 Å². The second-order valence-electron chi connectivity index (χ2n) is 4.25. The molecule has 0 atom stereocenters. The molecule has 2 rings (SSSR count). The second-order valence-corrected chi connectivity index (χ2v) is 4.25. The van der Waals surface area contributed by atoms with Crippen LogP contribution in [0.15, 0.2) is 16.5 Å². The van der Waals surface area contributed by atoms with Crippen molar-refractivity contribution in [2.45, 2.75) is 31.0 Å². The first-order valence-corrected chi connectivity index (χ1v) is 5.16. The van der Waals surface area contributed by atoms with Gasteiger partial charge in [0.15, 0.2) is 0 Å². The molecule has 1 aromatic rings. The van der Waals surface area contributed by atoms with Crippen LogP contribution in [0, 0.1) is 0 Å². The van der Waals surface area contributed by atoms with E-state index in [0.29, 0.717) is 26.0 Å². The standard InChI is InChI=1S/C11H17NO3/c1-14-6-9-2-3-10(15-9)11(7-12)4-8(13)5-11/h2-3,8,13H,4-7,12H2,1H3. The predicted molar refractivity (Wildman–Crippen MR) is 55.4 cm³/mol. The highest BCUT2D eigenvalue weighted by Gasteiger charge is 2.46. The molecule has 0 unspecified atom stereocenters. The first-order chi connectivity index (χ1) is 7.20. The van der Waals surface area contributed by atoms with E-state index in [1.54, 1.807) is 7.11 Å². The summed E-state index contributed by atoms with van der Waals surface area (Å²) < 4.78 is 10.6. The summed E-state index contributed by atoms with van der Waals surface area (Å²) in [6.45, 7) is 0.993. The zero-order valence-electron chi connectivity index (χ0n) is 8.90. The van der Waals surface area contributed by atoms with Gasteiger partial charge in [-0.2, -0.15) is 0 Å². The molecular weight excluding hydrogens is 194 g/mol. The lowest BCUT2D eigenvalue weighted by atomic mass is 9.65. The fourth-order valence-corrected chi connectivity index (χ4v) is 2.19. The Bertz CT molecular complexity index is 328. The first-order valence-electron chi connectivity index (χ1n) is 5.16. The van der Waals surface area contributed by atoms with E-state index in [4.69, 9.17) is 14.9 Å². The van der Waals surface area contributed by atoms with Crippen LogP contribution in [0.1, 0.15) is 24.4 Å². The summed E-state index contributed by atoms with van der Waals surface area (Å²) in [5.41, 5.74) is 5.60. The third kappa shape index (κ3) is 1.80. The molecule has 0 bridgehead atoms. The third-order valence-electron chi connectivity index (χ3n) is 3.11. The Balaban J connectivity index is 2.13. The van der Waals surface area contributed by atoms with E-state index in [-0.39, 0.29) is 11.5 Å². The molecule has 1 heterocycles. The van der Waals surface area contributed by atoms with Gasteiger partial charge in [0, 0.05) is 19.1 Å². The van der Waals surface area contributed by atoms with Crippen LogP contribution in [0.25, 0.3) is 0 Å². The Kier molecular flexibility index (Phi) is 2.82. The molecule has 0 radical (unpaired) electrons. The van der Waals surface area contributed by atoms with Crippen molar-refractivity contribution >= 4 is 0 Å². The van der Waals surface area contributed by atoms with E-state index in [1.165, 1.54) is 0 Å². The topological polar surface area (TPSA) is 68.6 Å². The van der Waals surface area contributed by atoms with Crippen molar-refractivity contribution in [3.8, 4) is 0 Å². The van der Waals surface area contributed by atoms with Crippen LogP contribution in [-0.4, -0.2) is 24.9 Å². The molecule has 1 saturated carbocycles. The largest absolute Gasteiger partial charge is 0.463 e. The van der Waals surface area contributed by atoms with Gasteiger partial charge in [0.1, 0.15) is 18.1 Å². The van der Waals surface area contributed by atoms with Crippen LogP contribution in [0.3, 0.4) is 0 Å². The van der Waals surface area contributed by atoms with E-state index in [9.17, 15) is 5.11 Å². The molecule has 0 amide bonds. The molecule has 1 fully saturated rings. The Morgan fingerprint density at radius 3 is 2.87 bits per heavy atom. The van der Waals surface area contributed by atoms with Crippen LogP contribution in [-0.2, 0) is 16.8 Å². The van der Waals surface area contributed by atoms with Crippen molar-refractivity contribution in [1.82, 2.24) is 0 Å². The van der Waals surface area contributed by atoms with E-state index in [0.717, 1.165) is 11.5 Å². The Morgan fingerprint density at radius 1 is 1.60 bits per heavy atom. The number of furan rings is 1. The lowest BCUT2D eigenvalue weighted by Gasteiger charge is -2.43. The van der Waals surface area contributed by atoms with E-state index < -0.39 is 0 Å². The van der Waals surface area contributed by atoms with Gasteiger partial charge in [-0.05, 0) is 25.0 Å². The summed E-state index contributed by atoms with van der Waals surface area (Å²) in [5.74, 6) is 1.68. The molecule has 0 aliphatic heterocycles. The molecule has 1 aliphatic rings. The number of rotatable bonds is 4.